The lowest BCUT2D eigenvalue weighted by Gasteiger charge is -2.20. The van der Waals surface area contributed by atoms with Gasteiger partial charge in [-0.05, 0) is 35.6 Å². The molecule has 0 aliphatic heterocycles. The molecule has 0 heterocycles. The SMILES string of the molecule is [B]C(=O)NCCOP(=O)(OCC=C)OCC(COCCC(CC#CC#CC#C)OC(=O)CCCCCCCCCCC)N=[N+]=[N-]. The number of terminal acetylenes is 1. The van der Waals surface area contributed by atoms with Crippen molar-refractivity contribution >= 4 is 27.4 Å². The van der Waals surface area contributed by atoms with Crippen LogP contribution in [-0.4, -0.2) is 71.3 Å². The van der Waals surface area contributed by atoms with Crippen molar-refractivity contribution in [1.29, 1.82) is 0 Å². The molecule has 0 fully saturated rings. The number of nitrogens with zero attached hydrogens (tertiary/aromatic N) is 3. The molecule has 0 aromatic carbocycles. The van der Waals surface area contributed by atoms with Crippen LogP contribution in [0.25, 0.3) is 10.4 Å². The van der Waals surface area contributed by atoms with Gasteiger partial charge in [-0.25, -0.2) is 4.57 Å². The Morgan fingerprint density at radius 3 is 2.40 bits per heavy atom. The summed E-state index contributed by atoms with van der Waals surface area (Å²) in [6.45, 7) is 5.01. The first kappa shape index (κ1) is 41.8. The Morgan fingerprint density at radius 1 is 1.04 bits per heavy atom. The predicted molar refractivity (Wildman–Crippen MR) is 174 cm³/mol. The molecule has 0 bridgehead atoms. The highest BCUT2D eigenvalue weighted by atomic mass is 31.2. The first-order valence-electron chi connectivity index (χ1n) is 15.2. The minimum Gasteiger partial charge on any atom is -0.461 e. The van der Waals surface area contributed by atoms with E-state index >= 15 is 0 Å². The largest absolute Gasteiger partial charge is 0.475 e. The van der Waals surface area contributed by atoms with Gasteiger partial charge in [0.2, 0.25) is 0 Å². The molecule has 246 valence electrons. The Bertz CT molecular complexity index is 1120. The molecule has 0 spiro atoms. The van der Waals surface area contributed by atoms with Crippen LogP contribution < -0.4 is 5.32 Å². The summed E-state index contributed by atoms with van der Waals surface area (Å²) < 4.78 is 39.8. The molecule has 3 unspecified atom stereocenters. The number of azide groups is 1. The zero-order valence-corrected chi connectivity index (χ0v) is 27.3. The topological polar surface area (TPSA) is 158 Å². The van der Waals surface area contributed by atoms with E-state index < -0.39 is 25.8 Å². The third-order valence-electron chi connectivity index (χ3n) is 5.93. The minimum atomic E-state index is -4.09. The molecule has 0 aromatic heterocycles. The number of hydrogen-bond donors (Lipinski definition) is 1. The van der Waals surface area contributed by atoms with E-state index in [1.54, 1.807) is 0 Å². The third kappa shape index (κ3) is 26.9. The van der Waals surface area contributed by atoms with Gasteiger partial charge in [0.05, 0.1) is 39.1 Å². The van der Waals surface area contributed by atoms with Gasteiger partial charge in [0.15, 0.2) is 13.7 Å². The number of phosphoric ester groups is 1. The van der Waals surface area contributed by atoms with Crippen LogP contribution in [0.1, 0.15) is 84.0 Å². The van der Waals surface area contributed by atoms with Crippen molar-refractivity contribution in [2.45, 2.75) is 96.1 Å². The molecule has 0 aliphatic rings. The van der Waals surface area contributed by atoms with Crippen LogP contribution in [0, 0.1) is 36.0 Å². The van der Waals surface area contributed by atoms with Gasteiger partial charge < -0.3 is 14.8 Å². The maximum Gasteiger partial charge on any atom is 0.475 e. The second-order valence-electron chi connectivity index (χ2n) is 9.76. The van der Waals surface area contributed by atoms with Crippen molar-refractivity contribution in [2.24, 2.45) is 5.11 Å². The fourth-order valence-corrected chi connectivity index (χ4v) is 4.87. The minimum absolute atomic E-state index is 0.0329. The lowest BCUT2D eigenvalue weighted by molar-refractivity contribution is -0.149. The van der Waals surface area contributed by atoms with E-state index in [-0.39, 0.29) is 52.0 Å². The number of esters is 1. The average Bonchev–Trinajstić information content (AvgIpc) is 3.01. The van der Waals surface area contributed by atoms with Gasteiger partial charge in [0, 0.05) is 30.7 Å². The second kappa shape index (κ2) is 29.5. The summed E-state index contributed by atoms with van der Waals surface area (Å²) in [6, 6.07) is -0.880. The zero-order valence-electron chi connectivity index (χ0n) is 26.4. The van der Waals surface area contributed by atoms with Crippen LogP contribution in [0.3, 0.4) is 0 Å². The molecular formula is C31H46BN4O8P. The molecule has 3 atom stereocenters. The van der Waals surface area contributed by atoms with Gasteiger partial charge in [-0.1, -0.05) is 75.4 Å². The number of amides is 1. The second-order valence-corrected chi connectivity index (χ2v) is 11.4. The van der Waals surface area contributed by atoms with Crippen LogP contribution in [0.5, 0.6) is 0 Å². The fraction of sp³-hybridized carbons (Fsp3) is 0.677. The number of carbonyl (C=O) groups excluding carboxylic acids is 2. The van der Waals surface area contributed by atoms with Gasteiger partial charge in [0.25, 0.3) is 0 Å². The molecule has 1 amide bonds. The molecule has 14 heteroatoms. The number of carbonyl (C=O) groups is 2. The average molecular weight is 645 g/mol. The van der Waals surface area contributed by atoms with E-state index in [2.05, 4.69) is 58.4 Å². The van der Waals surface area contributed by atoms with E-state index in [1.807, 2.05) is 0 Å². The van der Waals surface area contributed by atoms with Crippen LogP contribution >= 0.6 is 7.82 Å². The van der Waals surface area contributed by atoms with Gasteiger partial charge in [0.1, 0.15) is 6.10 Å². The highest BCUT2D eigenvalue weighted by Crippen LogP contribution is 2.49. The van der Waals surface area contributed by atoms with Crippen molar-refractivity contribution in [1.82, 2.24) is 5.32 Å². The van der Waals surface area contributed by atoms with E-state index in [4.69, 9.17) is 42.8 Å². The standard InChI is InChI=1S/C31H46BN4O8P/c1-4-7-9-11-12-13-14-16-18-20-30(37)44-29(19-17-15-10-8-5-2)21-24-40-26-28(35-36-33)27-43-45(39,41-23-6-3)42-25-22-34-31(32)38/h2,6,28-29H,3-4,7,9,11-14,16,18-27H2,1H3,(H,34,38). The Hall–Kier alpha value is -3.20. The normalized spacial score (nSPS) is 12.8. The number of ether oxygens (including phenoxy) is 2. The van der Waals surface area contributed by atoms with Crippen LogP contribution in [0.2, 0.25) is 0 Å². The maximum absolute atomic E-state index is 12.9. The van der Waals surface area contributed by atoms with Gasteiger partial charge in [-0.3, -0.25) is 23.2 Å². The first-order valence-corrected chi connectivity index (χ1v) is 16.7. The molecule has 2 radical (unpaired) electrons. The molecule has 12 nitrogen and oxygen atoms in total. The molecule has 45 heavy (non-hydrogen) atoms. The van der Waals surface area contributed by atoms with Crippen molar-refractivity contribution in [3.05, 3.63) is 23.1 Å². The smallest absolute Gasteiger partial charge is 0.461 e. The first-order chi connectivity index (χ1) is 21.8. The molecular weight excluding hydrogens is 598 g/mol. The Balaban J connectivity index is 4.83. The van der Waals surface area contributed by atoms with Crippen LogP contribution in [0.4, 0.5) is 4.79 Å². The Kier molecular flexibility index (Phi) is 27.4. The lowest BCUT2D eigenvalue weighted by Crippen LogP contribution is -2.26. The quantitative estimate of drug-likeness (QED) is 0.0122. The van der Waals surface area contributed by atoms with E-state index in [0.29, 0.717) is 12.8 Å². The number of nitrogens with one attached hydrogen (secondary N) is 1. The van der Waals surface area contributed by atoms with Gasteiger partial charge >= 0.3 is 13.8 Å². The fourth-order valence-electron chi connectivity index (χ4n) is 3.69. The highest BCUT2D eigenvalue weighted by molar-refractivity contribution is 7.48. The number of unbranched alkanes of at least 4 members (excludes halogenated alkanes) is 8. The van der Waals surface area contributed by atoms with Crippen molar-refractivity contribution in [3.63, 3.8) is 0 Å². The Morgan fingerprint density at radius 2 is 1.76 bits per heavy atom. The summed E-state index contributed by atoms with van der Waals surface area (Å²) >= 11 is 0. The summed E-state index contributed by atoms with van der Waals surface area (Å²) in [7, 11) is 0.905. The van der Waals surface area contributed by atoms with Gasteiger partial charge in [-0.2, -0.15) is 0 Å². The van der Waals surface area contributed by atoms with E-state index in [9.17, 15) is 14.2 Å². The summed E-state index contributed by atoms with van der Waals surface area (Å²) in [5.41, 5.74) is 8.95. The summed E-state index contributed by atoms with van der Waals surface area (Å²) in [4.78, 5) is 26.1. The Labute approximate surface area is 269 Å². The van der Waals surface area contributed by atoms with Crippen molar-refractivity contribution in [3.8, 4) is 36.0 Å². The monoisotopic (exact) mass is 644 g/mol. The highest BCUT2D eigenvalue weighted by Gasteiger charge is 2.28. The molecule has 0 rings (SSSR count). The molecule has 0 saturated heterocycles. The van der Waals surface area contributed by atoms with Crippen LogP contribution in [-0.2, 0) is 32.4 Å². The summed E-state index contributed by atoms with van der Waals surface area (Å²) in [5.74, 6) is 11.5. The maximum atomic E-state index is 12.9. The van der Waals surface area contributed by atoms with Gasteiger partial charge in [-0.15, -0.1) is 13.0 Å². The predicted octanol–water partition coefficient (Wildman–Crippen LogP) is 6.16. The van der Waals surface area contributed by atoms with Crippen LogP contribution in [0.15, 0.2) is 17.8 Å². The molecule has 1 N–H and O–H groups in total. The number of rotatable bonds is 28. The van der Waals surface area contributed by atoms with E-state index in [0.717, 1.165) is 19.3 Å². The summed E-state index contributed by atoms with van der Waals surface area (Å²) in [6.07, 6.45) is 17.1. The lowest BCUT2D eigenvalue weighted by atomic mass is 10.1. The molecule has 0 aliphatic carbocycles. The van der Waals surface area contributed by atoms with E-state index in [1.165, 1.54) is 44.6 Å². The number of phosphoric acid groups is 1. The molecule has 0 saturated carbocycles. The summed E-state index contributed by atoms with van der Waals surface area (Å²) in [5, 5.41) is 5.89. The zero-order chi connectivity index (χ0) is 33.4. The molecule has 0 aromatic rings. The number of hydrogen-bond acceptors (Lipinski definition) is 9. The third-order valence-corrected chi connectivity index (χ3v) is 7.36. The van der Waals surface area contributed by atoms with Crippen molar-refractivity contribution in [2.75, 3.05) is 39.6 Å². The van der Waals surface area contributed by atoms with Crippen molar-refractivity contribution < 1.29 is 37.2 Å².